The van der Waals surface area contributed by atoms with Gasteiger partial charge in [-0.05, 0) is 42.0 Å². The lowest BCUT2D eigenvalue weighted by Gasteiger charge is -2.19. The topological polar surface area (TPSA) is 37.4 Å². The number of hydrogen-bond acceptors (Lipinski definition) is 3. The summed E-state index contributed by atoms with van der Waals surface area (Å²) in [4.78, 5) is 2.47. The molecule has 2 rings (SSSR count). The Kier molecular flexibility index (Phi) is 5.06. The van der Waals surface area contributed by atoms with Gasteiger partial charge in [0, 0.05) is 23.8 Å². The van der Waals surface area contributed by atoms with Gasteiger partial charge in [-0.15, -0.1) is 0 Å². The summed E-state index contributed by atoms with van der Waals surface area (Å²) in [5.74, 6) is 0.126. The maximum Gasteiger partial charge on any atom is 0.178 e. The smallest absolute Gasteiger partial charge is 0.178 e. The van der Waals surface area contributed by atoms with E-state index in [1.807, 2.05) is 31.3 Å². The fourth-order valence-electron chi connectivity index (χ4n) is 2.03. The van der Waals surface area contributed by atoms with Crippen LogP contribution in [0.15, 0.2) is 57.9 Å². The lowest BCUT2D eigenvalue weighted by atomic mass is 10.2. The SMILES string of the molecule is CCS(=O)(=O)c1ccc(N(C)Cc2ccc(Br)cc2)cc1. The lowest BCUT2D eigenvalue weighted by molar-refractivity contribution is 0.597. The zero-order chi connectivity index (χ0) is 15.5. The second-order valence-corrected chi connectivity index (χ2v) is 8.07. The summed E-state index contributed by atoms with van der Waals surface area (Å²) in [5.41, 5.74) is 2.19. The average molecular weight is 368 g/mol. The number of benzene rings is 2. The highest BCUT2D eigenvalue weighted by Crippen LogP contribution is 2.20. The molecule has 21 heavy (non-hydrogen) atoms. The molecule has 0 N–H and O–H groups in total. The van der Waals surface area contributed by atoms with Crippen molar-refractivity contribution >= 4 is 31.5 Å². The van der Waals surface area contributed by atoms with E-state index in [9.17, 15) is 8.42 Å². The Balaban J connectivity index is 2.13. The van der Waals surface area contributed by atoms with Crippen molar-refractivity contribution in [2.45, 2.75) is 18.4 Å². The molecule has 0 amide bonds. The Morgan fingerprint density at radius 3 is 2.10 bits per heavy atom. The molecule has 0 aliphatic carbocycles. The van der Waals surface area contributed by atoms with E-state index in [0.717, 1.165) is 16.7 Å². The average Bonchev–Trinajstić information content (AvgIpc) is 2.49. The first kappa shape index (κ1) is 16.0. The Morgan fingerprint density at radius 1 is 1.00 bits per heavy atom. The summed E-state index contributed by atoms with van der Waals surface area (Å²) in [6.45, 7) is 2.43. The number of sulfone groups is 1. The maximum absolute atomic E-state index is 11.8. The van der Waals surface area contributed by atoms with Crippen LogP contribution >= 0.6 is 15.9 Å². The summed E-state index contributed by atoms with van der Waals surface area (Å²) in [6, 6.07) is 15.2. The molecule has 0 fully saturated rings. The third kappa shape index (κ3) is 4.08. The second-order valence-electron chi connectivity index (χ2n) is 4.88. The van der Waals surface area contributed by atoms with Gasteiger partial charge in [-0.2, -0.15) is 0 Å². The Bertz CT molecular complexity index is 694. The molecule has 2 aromatic carbocycles. The minimum Gasteiger partial charge on any atom is -0.370 e. The van der Waals surface area contributed by atoms with Crippen LogP contribution in [0, 0.1) is 0 Å². The largest absolute Gasteiger partial charge is 0.370 e. The van der Waals surface area contributed by atoms with Crippen LogP contribution in [0.2, 0.25) is 0 Å². The number of rotatable bonds is 5. The van der Waals surface area contributed by atoms with Crippen molar-refractivity contribution in [1.29, 1.82) is 0 Å². The highest BCUT2D eigenvalue weighted by molar-refractivity contribution is 9.10. The quantitative estimate of drug-likeness (QED) is 0.804. The van der Waals surface area contributed by atoms with E-state index >= 15 is 0 Å². The third-order valence-corrected chi connectivity index (χ3v) is 5.63. The molecule has 3 nitrogen and oxygen atoms in total. The summed E-state index contributed by atoms with van der Waals surface area (Å²) in [5, 5.41) is 0. The molecular weight excluding hydrogens is 350 g/mol. The third-order valence-electron chi connectivity index (χ3n) is 3.35. The molecule has 0 spiro atoms. The van der Waals surface area contributed by atoms with Crippen LogP contribution in [-0.4, -0.2) is 21.2 Å². The summed E-state index contributed by atoms with van der Waals surface area (Å²) in [6.07, 6.45) is 0. The van der Waals surface area contributed by atoms with E-state index in [0.29, 0.717) is 4.90 Å². The Morgan fingerprint density at radius 2 is 1.57 bits per heavy atom. The highest BCUT2D eigenvalue weighted by atomic mass is 79.9. The molecule has 0 aromatic heterocycles. The van der Waals surface area contributed by atoms with Crippen molar-refractivity contribution in [3.8, 4) is 0 Å². The van der Waals surface area contributed by atoms with Gasteiger partial charge in [-0.25, -0.2) is 8.42 Å². The summed E-state index contributed by atoms with van der Waals surface area (Å²) < 4.78 is 24.6. The Labute approximate surface area is 134 Å². The van der Waals surface area contributed by atoms with E-state index in [-0.39, 0.29) is 5.75 Å². The highest BCUT2D eigenvalue weighted by Gasteiger charge is 2.11. The van der Waals surface area contributed by atoms with Crippen molar-refractivity contribution in [3.63, 3.8) is 0 Å². The fraction of sp³-hybridized carbons (Fsp3) is 0.250. The molecule has 0 aliphatic rings. The van der Waals surface area contributed by atoms with Gasteiger partial charge >= 0.3 is 0 Å². The first-order valence-corrected chi connectivity index (χ1v) is 9.15. The van der Waals surface area contributed by atoms with Crippen LogP contribution in [0.3, 0.4) is 0 Å². The number of anilines is 1. The van der Waals surface area contributed by atoms with Crippen LogP contribution in [-0.2, 0) is 16.4 Å². The van der Waals surface area contributed by atoms with Gasteiger partial charge in [0.2, 0.25) is 0 Å². The summed E-state index contributed by atoms with van der Waals surface area (Å²) in [7, 11) is -1.14. The zero-order valence-corrected chi connectivity index (χ0v) is 14.5. The van der Waals surface area contributed by atoms with Crippen molar-refractivity contribution < 1.29 is 8.42 Å². The second kappa shape index (κ2) is 6.62. The molecular formula is C16H18BrNO2S. The van der Waals surface area contributed by atoms with Gasteiger partial charge in [0.25, 0.3) is 0 Å². The van der Waals surface area contributed by atoms with E-state index in [2.05, 4.69) is 33.0 Å². The van der Waals surface area contributed by atoms with Gasteiger partial charge in [-0.1, -0.05) is 35.0 Å². The number of nitrogens with zero attached hydrogens (tertiary/aromatic N) is 1. The van der Waals surface area contributed by atoms with E-state index < -0.39 is 9.84 Å². The zero-order valence-electron chi connectivity index (χ0n) is 12.1. The van der Waals surface area contributed by atoms with Crippen LogP contribution in [0.4, 0.5) is 5.69 Å². The van der Waals surface area contributed by atoms with Crippen molar-refractivity contribution in [2.75, 3.05) is 17.7 Å². The van der Waals surface area contributed by atoms with Crippen LogP contribution in [0.1, 0.15) is 12.5 Å². The van der Waals surface area contributed by atoms with Crippen LogP contribution in [0.5, 0.6) is 0 Å². The molecule has 112 valence electrons. The van der Waals surface area contributed by atoms with Gasteiger partial charge in [0.1, 0.15) is 0 Å². The minimum absolute atomic E-state index is 0.126. The standard InChI is InChI=1S/C16H18BrNO2S/c1-3-21(19,20)16-10-8-15(9-11-16)18(2)12-13-4-6-14(17)7-5-13/h4-11H,3,12H2,1-2H3. The van der Waals surface area contributed by atoms with E-state index in [4.69, 9.17) is 0 Å². The molecule has 0 radical (unpaired) electrons. The van der Waals surface area contributed by atoms with Crippen LogP contribution < -0.4 is 4.90 Å². The molecule has 0 heterocycles. The van der Waals surface area contributed by atoms with Crippen LogP contribution in [0.25, 0.3) is 0 Å². The van der Waals surface area contributed by atoms with Crippen molar-refractivity contribution in [1.82, 2.24) is 0 Å². The first-order valence-electron chi connectivity index (χ1n) is 6.71. The maximum atomic E-state index is 11.8. The molecule has 2 aromatic rings. The number of hydrogen-bond donors (Lipinski definition) is 0. The molecule has 0 aliphatic heterocycles. The predicted octanol–water partition coefficient (Wildman–Crippen LogP) is 3.88. The fourth-order valence-corrected chi connectivity index (χ4v) is 3.18. The summed E-state index contributed by atoms with van der Waals surface area (Å²) >= 11 is 3.42. The van der Waals surface area contributed by atoms with Gasteiger partial charge in [0.15, 0.2) is 9.84 Å². The van der Waals surface area contributed by atoms with Crippen molar-refractivity contribution in [2.24, 2.45) is 0 Å². The lowest BCUT2D eigenvalue weighted by Crippen LogP contribution is -2.16. The first-order chi connectivity index (χ1) is 9.92. The van der Waals surface area contributed by atoms with Gasteiger partial charge in [-0.3, -0.25) is 0 Å². The molecule has 5 heteroatoms. The molecule has 0 saturated carbocycles. The minimum atomic E-state index is -3.13. The Hall–Kier alpha value is -1.33. The van der Waals surface area contributed by atoms with Gasteiger partial charge in [0.05, 0.1) is 10.6 Å². The molecule has 0 bridgehead atoms. The predicted molar refractivity (Wildman–Crippen MR) is 90.4 cm³/mol. The molecule has 0 saturated heterocycles. The van der Waals surface area contributed by atoms with Gasteiger partial charge < -0.3 is 4.90 Å². The van der Waals surface area contributed by atoms with E-state index in [1.165, 1.54) is 5.56 Å². The molecule has 0 atom stereocenters. The van der Waals surface area contributed by atoms with Crippen molar-refractivity contribution in [3.05, 3.63) is 58.6 Å². The van der Waals surface area contributed by atoms with E-state index in [1.54, 1.807) is 19.1 Å². The number of halogens is 1. The normalized spacial score (nSPS) is 11.4. The molecule has 0 unspecified atom stereocenters. The monoisotopic (exact) mass is 367 g/mol.